The molecule has 0 radical (unpaired) electrons. The highest BCUT2D eigenvalue weighted by Crippen LogP contribution is 2.32. The third kappa shape index (κ3) is 2.47. The van der Waals surface area contributed by atoms with E-state index in [0.717, 1.165) is 11.3 Å². The van der Waals surface area contributed by atoms with E-state index in [1.807, 2.05) is 24.3 Å². The molecule has 1 aliphatic rings. The van der Waals surface area contributed by atoms with E-state index >= 15 is 0 Å². The molecule has 2 heterocycles. The van der Waals surface area contributed by atoms with E-state index in [-0.39, 0.29) is 12.5 Å². The first-order chi connectivity index (χ1) is 10.1. The zero-order chi connectivity index (χ0) is 15.0. The van der Waals surface area contributed by atoms with Crippen molar-refractivity contribution in [2.24, 2.45) is 5.92 Å². The largest absolute Gasteiger partial charge is 0.481 e. The summed E-state index contributed by atoms with van der Waals surface area (Å²) in [6, 6.07) is 8.94. The van der Waals surface area contributed by atoms with Crippen LogP contribution in [-0.2, 0) is 11.2 Å². The predicted molar refractivity (Wildman–Crippen MR) is 79.4 cm³/mol. The van der Waals surface area contributed by atoms with Gasteiger partial charge in [0, 0.05) is 12.2 Å². The summed E-state index contributed by atoms with van der Waals surface area (Å²) >= 11 is 3.19. The number of halogens is 1. The summed E-state index contributed by atoms with van der Waals surface area (Å²) < 4.78 is 5.44. The molecule has 6 heteroatoms. The molecule has 108 valence electrons. The van der Waals surface area contributed by atoms with E-state index in [4.69, 9.17) is 4.42 Å². The number of nitrogens with zero attached hydrogens (tertiary/aromatic N) is 1. The van der Waals surface area contributed by atoms with Crippen LogP contribution < -0.4 is 4.90 Å². The van der Waals surface area contributed by atoms with Gasteiger partial charge in [-0.15, -0.1) is 0 Å². The lowest BCUT2D eigenvalue weighted by Gasteiger charge is -2.32. The second kappa shape index (κ2) is 5.37. The van der Waals surface area contributed by atoms with Crippen LogP contribution in [0.15, 0.2) is 45.7 Å². The van der Waals surface area contributed by atoms with Crippen LogP contribution in [0.1, 0.15) is 15.9 Å². The molecule has 1 aliphatic heterocycles. The fraction of sp³-hybridized carbons (Fsp3) is 0.200. The predicted octanol–water partition coefficient (Wildman–Crippen LogP) is 2.95. The molecule has 0 spiro atoms. The maximum Gasteiger partial charge on any atom is 0.308 e. The van der Waals surface area contributed by atoms with Crippen molar-refractivity contribution in [3.05, 3.63) is 52.4 Å². The molecule has 0 bridgehead atoms. The van der Waals surface area contributed by atoms with Crippen LogP contribution in [0.2, 0.25) is 0 Å². The number of rotatable bonds is 2. The molecular formula is C15H12BrNO4. The fourth-order valence-corrected chi connectivity index (χ4v) is 2.95. The first kappa shape index (κ1) is 13.9. The van der Waals surface area contributed by atoms with Crippen molar-refractivity contribution in [1.29, 1.82) is 0 Å². The minimum atomic E-state index is -0.895. The standard InChI is InChI=1S/C15H12BrNO4/c16-13-11(5-6-21-13)14(18)17-8-10(15(19)20)7-9-3-1-2-4-12(9)17/h1-6,10H,7-8H2,(H,19,20). The number of aliphatic carboxylic acids is 1. The maximum atomic E-state index is 12.7. The number of hydrogen-bond acceptors (Lipinski definition) is 3. The average Bonchev–Trinajstić information content (AvgIpc) is 2.91. The molecule has 3 rings (SSSR count). The number of benzene rings is 1. The highest BCUT2D eigenvalue weighted by Gasteiger charge is 2.33. The molecule has 1 aromatic heterocycles. The van der Waals surface area contributed by atoms with E-state index in [0.29, 0.717) is 16.7 Å². The molecule has 0 saturated heterocycles. The third-order valence-corrected chi connectivity index (χ3v) is 4.21. The van der Waals surface area contributed by atoms with Gasteiger partial charge < -0.3 is 14.4 Å². The van der Waals surface area contributed by atoms with Gasteiger partial charge in [-0.2, -0.15) is 0 Å². The molecule has 0 saturated carbocycles. The van der Waals surface area contributed by atoms with Crippen molar-refractivity contribution in [2.45, 2.75) is 6.42 Å². The smallest absolute Gasteiger partial charge is 0.308 e. The van der Waals surface area contributed by atoms with Crippen LogP contribution in [-0.4, -0.2) is 23.5 Å². The van der Waals surface area contributed by atoms with Crippen LogP contribution in [0.5, 0.6) is 0 Å². The first-order valence-corrected chi connectivity index (χ1v) is 7.23. The second-order valence-corrected chi connectivity index (χ2v) is 5.61. The van der Waals surface area contributed by atoms with Gasteiger partial charge in [-0.05, 0) is 40.0 Å². The number of anilines is 1. The average molecular weight is 350 g/mol. The molecule has 21 heavy (non-hydrogen) atoms. The lowest BCUT2D eigenvalue weighted by molar-refractivity contribution is -0.141. The van der Waals surface area contributed by atoms with E-state index in [2.05, 4.69) is 15.9 Å². The molecule has 1 amide bonds. The van der Waals surface area contributed by atoms with Crippen LogP contribution in [0.25, 0.3) is 0 Å². The van der Waals surface area contributed by atoms with Gasteiger partial charge >= 0.3 is 5.97 Å². The Bertz CT molecular complexity index is 709. The van der Waals surface area contributed by atoms with E-state index < -0.39 is 11.9 Å². The van der Waals surface area contributed by atoms with Crippen molar-refractivity contribution in [1.82, 2.24) is 0 Å². The summed E-state index contributed by atoms with van der Waals surface area (Å²) in [5.41, 5.74) is 2.01. The number of carbonyl (C=O) groups is 2. The normalized spacial score (nSPS) is 17.4. The number of carbonyl (C=O) groups excluding carboxylic acids is 1. The van der Waals surface area contributed by atoms with Gasteiger partial charge in [0.1, 0.15) is 0 Å². The highest BCUT2D eigenvalue weighted by atomic mass is 79.9. The van der Waals surface area contributed by atoms with Gasteiger partial charge in [0.25, 0.3) is 5.91 Å². The fourth-order valence-electron chi connectivity index (χ4n) is 2.54. The minimum Gasteiger partial charge on any atom is -0.481 e. The van der Waals surface area contributed by atoms with Gasteiger partial charge in [0.15, 0.2) is 4.67 Å². The Kier molecular flexibility index (Phi) is 3.55. The SMILES string of the molecule is O=C(O)C1Cc2ccccc2N(C(=O)c2ccoc2Br)C1. The zero-order valence-electron chi connectivity index (χ0n) is 11.0. The number of fused-ring (bicyclic) bond motifs is 1. The monoisotopic (exact) mass is 349 g/mol. The second-order valence-electron chi connectivity index (χ2n) is 4.89. The number of hydrogen-bond donors (Lipinski definition) is 1. The van der Waals surface area contributed by atoms with Gasteiger partial charge in [-0.25, -0.2) is 0 Å². The van der Waals surface area contributed by atoms with Crippen molar-refractivity contribution < 1.29 is 19.1 Å². The molecule has 0 fully saturated rings. The molecule has 2 aromatic rings. The zero-order valence-corrected chi connectivity index (χ0v) is 12.5. The van der Waals surface area contributed by atoms with E-state index in [9.17, 15) is 14.7 Å². The van der Waals surface area contributed by atoms with Crippen molar-refractivity contribution in [3.8, 4) is 0 Å². The van der Waals surface area contributed by atoms with Crippen LogP contribution >= 0.6 is 15.9 Å². The molecule has 1 aromatic carbocycles. The Morgan fingerprint density at radius 3 is 2.71 bits per heavy atom. The van der Waals surface area contributed by atoms with Crippen LogP contribution in [0, 0.1) is 5.92 Å². The summed E-state index contributed by atoms with van der Waals surface area (Å²) in [6.07, 6.45) is 1.85. The number of furan rings is 1. The molecule has 0 aliphatic carbocycles. The summed E-state index contributed by atoms with van der Waals surface area (Å²) in [6.45, 7) is 0.156. The van der Waals surface area contributed by atoms with Gasteiger partial charge in [0.05, 0.1) is 17.7 Å². The van der Waals surface area contributed by atoms with Gasteiger partial charge in [-0.1, -0.05) is 18.2 Å². The lowest BCUT2D eigenvalue weighted by Crippen LogP contribution is -2.42. The van der Waals surface area contributed by atoms with Gasteiger partial charge in [-0.3, -0.25) is 9.59 Å². The lowest BCUT2D eigenvalue weighted by atomic mass is 9.92. The first-order valence-electron chi connectivity index (χ1n) is 6.43. The van der Waals surface area contributed by atoms with E-state index in [1.54, 1.807) is 6.07 Å². The number of amides is 1. The molecule has 1 N–H and O–H groups in total. The van der Waals surface area contributed by atoms with Crippen molar-refractivity contribution >= 4 is 33.5 Å². The maximum absolute atomic E-state index is 12.7. The number of carboxylic acids is 1. The Labute approximate surface area is 129 Å². The molecule has 1 unspecified atom stereocenters. The topological polar surface area (TPSA) is 70.8 Å². The summed E-state index contributed by atoms with van der Waals surface area (Å²) in [5.74, 6) is -1.77. The number of para-hydroxylation sites is 1. The van der Waals surface area contributed by atoms with Crippen LogP contribution in [0.3, 0.4) is 0 Å². The summed E-state index contributed by atoms with van der Waals surface area (Å²) in [5, 5.41) is 9.28. The van der Waals surface area contributed by atoms with Crippen molar-refractivity contribution in [3.63, 3.8) is 0 Å². The third-order valence-electron chi connectivity index (χ3n) is 3.59. The van der Waals surface area contributed by atoms with Gasteiger partial charge in [0.2, 0.25) is 0 Å². The van der Waals surface area contributed by atoms with Crippen molar-refractivity contribution in [2.75, 3.05) is 11.4 Å². The minimum absolute atomic E-state index is 0.156. The Morgan fingerprint density at radius 2 is 2.05 bits per heavy atom. The Hall–Kier alpha value is -2.08. The summed E-state index contributed by atoms with van der Waals surface area (Å²) in [4.78, 5) is 25.5. The Balaban J connectivity index is 2.02. The molecule has 1 atom stereocenters. The molecular weight excluding hydrogens is 338 g/mol. The van der Waals surface area contributed by atoms with Crippen LogP contribution in [0.4, 0.5) is 5.69 Å². The highest BCUT2D eigenvalue weighted by molar-refractivity contribution is 9.10. The van der Waals surface area contributed by atoms with E-state index in [1.165, 1.54) is 11.2 Å². The molecule has 5 nitrogen and oxygen atoms in total. The Morgan fingerprint density at radius 1 is 1.29 bits per heavy atom. The number of carboxylic acid groups (broad SMARTS) is 1. The summed E-state index contributed by atoms with van der Waals surface area (Å²) in [7, 11) is 0. The quantitative estimate of drug-likeness (QED) is 0.904.